The average Bonchev–Trinajstić information content (AvgIpc) is 2.35. The van der Waals surface area contributed by atoms with Crippen molar-refractivity contribution in [2.75, 3.05) is 14.2 Å². The molecule has 0 spiro atoms. The number of hydrogen-bond donors (Lipinski definition) is 0. The van der Waals surface area contributed by atoms with Gasteiger partial charge in [-0.1, -0.05) is 0 Å². The zero-order chi connectivity index (χ0) is 11.8. The van der Waals surface area contributed by atoms with Crippen LogP contribution in [0.15, 0.2) is 40.9 Å². The van der Waals surface area contributed by atoms with Gasteiger partial charge in [0.1, 0.15) is 0 Å². The van der Waals surface area contributed by atoms with Crippen LogP contribution in [0.2, 0.25) is 0 Å². The minimum atomic E-state index is -0.453. The van der Waals surface area contributed by atoms with Crippen LogP contribution in [0.4, 0.5) is 0 Å². The van der Waals surface area contributed by atoms with Crippen molar-refractivity contribution >= 4 is 25.7 Å². The Kier molecular flexibility index (Phi) is 6.04. The second-order valence-corrected chi connectivity index (χ2v) is 5.35. The van der Waals surface area contributed by atoms with E-state index >= 15 is 0 Å². The molecule has 1 aromatic rings. The molecule has 1 aromatic carbocycles. The molecular formula is C12H14O3Se. The van der Waals surface area contributed by atoms with Crippen molar-refractivity contribution in [1.29, 1.82) is 0 Å². The van der Waals surface area contributed by atoms with Crippen LogP contribution in [0.1, 0.15) is 0 Å². The van der Waals surface area contributed by atoms with Gasteiger partial charge in [-0.25, -0.2) is 0 Å². The van der Waals surface area contributed by atoms with Gasteiger partial charge in [0.15, 0.2) is 0 Å². The number of aldehydes is 1. The van der Waals surface area contributed by atoms with Crippen molar-refractivity contribution in [1.82, 2.24) is 0 Å². The predicted molar refractivity (Wildman–Crippen MR) is 63.8 cm³/mol. The molecule has 0 aliphatic rings. The molecule has 0 unspecified atom stereocenters. The first-order valence-electron chi connectivity index (χ1n) is 4.75. The molecule has 0 saturated heterocycles. The maximum absolute atomic E-state index is 10.9. The summed E-state index contributed by atoms with van der Waals surface area (Å²) < 4.78 is 11.9. The van der Waals surface area contributed by atoms with Crippen molar-refractivity contribution in [2.24, 2.45) is 0 Å². The summed E-state index contributed by atoms with van der Waals surface area (Å²) in [6.45, 7) is 0. The van der Waals surface area contributed by atoms with Crippen LogP contribution < -0.4 is 4.46 Å². The van der Waals surface area contributed by atoms with Gasteiger partial charge in [0.05, 0.1) is 0 Å². The SMILES string of the molecule is COC(/C=C(/C=O)[Se]c1ccccc1)OC. The molecular weight excluding hydrogens is 271 g/mol. The zero-order valence-corrected chi connectivity index (χ0v) is 11.0. The molecule has 0 aliphatic carbocycles. The number of methoxy groups -OCH3 is 2. The Morgan fingerprint density at radius 1 is 1.25 bits per heavy atom. The number of hydrogen-bond acceptors (Lipinski definition) is 3. The first kappa shape index (κ1) is 13.1. The van der Waals surface area contributed by atoms with Gasteiger partial charge < -0.3 is 0 Å². The van der Waals surface area contributed by atoms with E-state index in [1.54, 1.807) is 20.3 Å². The van der Waals surface area contributed by atoms with Crippen LogP contribution in [-0.4, -0.2) is 41.8 Å². The van der Waals surface area contributed by atoms with Gasteiger partial charge in [-0.2, -0.15) is 0 Å². The second kappa shape index (κ2) is 7.36. The molecule has 0 fully saturated rings. The van der Waals surface area contributed by atoms with E-state index in [0.717, 1.165) is 10.7 Å². The molecule has 4 heteroatoms. The molecule has 0 amide bonds. The third kappa shape index (κ3) is 4.29. The van der Waals surface area contributed by atoms with Crippen LogP contribution in [0.3, 0.4) is 0 Å². The standard InChI is InChI=1S/C12H14O3Se/c1-14-12(15-2)8-11(9-13)16-10-6-4-3-5-7-10/h3-9,12H,1-2H3/b11-8-. The van der Waals surface area contributed by atoms with E-state index in [0.29, 0.717) is 4.47 Å². The fourth-order valence-corrected chi connectivity index (χ4v) is 2.75. The Labute approximate surface area is 102 Å². The van der Waals surface area contributed by atoms with Gasteiger partial charge in [0, 0.05) is 0 Å². The minimum absolute atomic E-state index is 0.00167. The van der Waals surface area contributed by atoms with Gasteiger partial charge in [0.25, 0.3) is 0 Å². The normalized spacial score (nSPS) is 11.8. The molecule has 0 radical (unpaired) electrons. The molecule has 3 nitrogen and oxygen atoms in total. The Hall–Kier alpha value is -0.931. The van der Waals surface area contributed by atoms with Gasteiger partial charge in [0.2, 0.25) is 0 Å². The molecule has 0 saturated carbocycles. The Balaban J connectivity index is 2.72. The summed E-state index contributed by atoms with van der Waals surface area (Å²) in [5, 5.41) is 0. The van der Waals surface area contributed by atoms with Crippen molar-refractivity contribution in [3.05, 3.63) is 40.9 Å². The van der Waals surface area contributed by atoms with E-state index in [2.05, 4.69) is 0 Å². The summed E-state index contributed by atoms with van der Waals surface area (Å²) in [5.74, 6) is 0. The Bertz CT molecular complexity index is 345. The van der Waals surface area contributed by atoms with Crippen molar-refractivity contribution in [3.63, 3.8) is 0 Å². The first-order chi connectivity index (χ1) is 7.80. The summed E-state index contributed by atoms with van der Waals surface area (Å²) in [6.07, 6.45) is 2.11. The molecule has 0 bridgehead atoms. The Morgan fingerprint density at radius 2 is 1.88 bits per heavy atom. The predicted octanol–water partition coefficient (Wildman–Crippen LogP) is 0.718. The van der Waals surface area contributed by atoms with Gasteiger partial charge in [-0.15, -0.1) is 0 Å². The van der Waals surface area contributed by atoms with Gasteiger partial charge >= 0.3 is 101 Å². The summed E-state index contributed by atoms with van der Waals surface area (Å²) in [7, 11) is 3.09. The quantitative estimate of drug-likeness (QED) is 0.334. The van der Waals surface area contributed by atoms with Crippen molar-refractivity contribution < 1.29 is 14.3 Å². The fraction of sp³-hybridized carbons (Fsp3) is 0.250. The number of allylic oxidation sites excluding steroid dienone is 1. The fourth-order valence-electron chi connectivity index (χ4n) is 1.09. The number of rotatable bonds is 6. The third-order valence-electron chi connectivity index (χ3n) is 1.86. The third-order valence-corrected chi connectivity index (χ3v) is 3.91. The molecule has 1 rings (SSSR count). The van der Waals surface area contributed by atoms with Crippen LogP contribution in [-0.2, 0) is 14.3 Å². The maximum atomic E-state index is 10.9. The van der Waals surface area contributed by atoms with Gasteiger partial charge in [-0.3, -0.25) is 0 Å². The summed E-state index contributed by atoms with van der Waals surface area (Å²) in [5.41, 5.74) is 0. The number of carbonyl (C=O) groups excluding carboxylic acids is 1. The van der Waals surface area contributed by atoms with Crippen LogP contribution >= 0.6 is 0 Å². The molecule has 0 aromatic heterocycles. The molecule has 0 N–H and O–H groups in total. The molecule has 0 aliphatic heterocycles. The summed E-state index contributed by atoms with van der Waals surface area (Å²) in [6, 6.07) is 9.89. The number of benzene rings is 1. The number of ether oxygens (including phenoxy) is 2. The summed E-state index contributed by atoms with van der Waals surface area (Å²) in [4.78, 5) is 10.9. The monoisotopic (exact) mass is 286 g/mol. The molecule has 0 atom stereocenters. The van der Waals surface area contributed by atoms with Crippen LogP contribution in [0, 0.1) is 0 Å². The van der Waals surface area contributed by atoms with Crippen LogP contribution in [0.25, 0.3) is 0 Å². The Morgan fingerprint density at radius 3 is 2.38 bits per heavy atom. The first-order valence-corrected chi connectivity index (χ1v) is 6.47. The topological polar surface area (TPSA) is 35.5 Å². The van der Waals surface area contributed by atoms with Gasteiger partial charge in [-0.05, 0) is 0 Å². The average molecular weight is 285 g/mol. The zero-order valence-electron chi connectivity index (χ0n) is 9.25. The molecule has 0 heterocycles. The molecule has 16 heavy (non-hydrogen) atoms. The van der Waals surface area contributed by atoms with Crippen molar-refractivity contribution in [2.45, 2.75) is 6.29 Å². The second-order valence-electron chi connectivity index (χ2n) is 2.94. The van der Waals surface area contributed by atoms with E-state index in [4.69, 9.17) is 9.47 Å². The van der Waals surface area contributed by atoms with E-state index < -0.39 is 6.29 Å². The van der Waals surface area contributed by atoms with E-state index in [-0.39, 0.29) is 15.0 Å². The molecule has 86 valence electrons. The van der Waals surface area contributed by atoms with E-state index in [1.165, 1.54) is 0 Å². The number of carbonyl (C=O) groups is 1. The summed E-state index contributed by atoms with van der Waals surface area (Å²) >= 11 is -0.00167. The van der Waals surface area contributed by atoms with E-state index in [9.17, 15) is 4.79 Å². The van der Waals surface area contributed by atoms with E-state index in [1.807, 2.05) is 30.3 Å². The van der Waals surface area contributed by atoms with Crippen molar-refractivity contribution in [3.8, 4) is 0 Å². The van der Waals surface area contributed by atoms with Crippen LogP contribution in [0.5, 0.6) is 0 Å².